The third kappa shape index (κ3) is 3.95. The SMILES string of the molecule is CCN1Cc2[nH]c(-c3ccc(-c4nc(Cc5ccc6[nH]ncc6c5C5CC5)n(C)n4)cc3C)nc2C(C)C1. The van der Waals surface area contributed by atoms with Gasteiger partial charge in [-0.2, -0.15) is 10.2 Å². The number of hydrogen-bond donors (Lipinski definition) is 2. The predicted octanol–water partition coefficient (Wildman–Crippen LogP) is 5.46. The topological polar surface area (TPSA) is 91.3 Å². The number of benzene rings is 2. The van der Waals surface area contributed by atoms with Crippen molar-refractivity contribution in [2.45, 2.75) is 58.4 Å². The van der Waals surface area contributed by atoms with Gasteiger partial charge in [0.2, 0.25) is 0 Å². The molecular formula is C30H34N8. The first-order valence-corrected chi connectivity index (χ1v) is 13.8. The van der Waals surface area contributed by atoms with E-state index in [0.717, 1.165) is 60.2 Å². The fourth-order valence-corrected chi connectivity index (χ4v) is 6.11. The lowest BCUT2D eigenvalue weighted by atomic mass is 9.96. The number of rotatable bonds is 6. The zero-order valence-electron chi connectivity index (χ0n) is 22.5. The summed E-state index contributed by atoms with van der Waals surface area (Å²) >= 11 is 0. The lowest BCUT2D eigenvalue weighted by Gasteiger charge is -2.28. The second kappa shape index (κ2) is 8.91. The predicted molar refractivity (Wildman–Crippen MR) is 149 cm³/mol. The highest BCUT2D eigenvalue weighted by Crippen LogP contribution is 2.45. The summed E-state index contributed by atoms with van der Waals surface area (Å²) in [6.07, 6.45) is 5.23. The molecular weight excluding hydrogens is 472 g/mol. The van der Waals surface area contributed by atoms with Crippen LogP contribution in [-0.4, -0.2) is 52.9 Å². The molecule has 4 heterocycles. The highest BCUT2D eigenvalue weighted by molar-refractivity contribution is 5.84. The molecule has 1 aliphatic carbocycles. The molecule has 2 aromatic carbocycles. The van der Waals surface area contributed by atoms with Gasteiger partial charge < -0.3 is 4.98 Å². The molecule has 3 aromatic heterocycles. The summed E-state index contributed by atoms with van der Waals surface area (Å²) in [4.78, 5) is 16.1. The molecule has 1 atom stereocenters. The van der Waals surface area contributed by atoms with Crippen molar-refractivity contribution in [3.05, 3.63) is 70.4 Å². The largest absolute Gasteiger partial charge is 0.341 e. The van der Waals surface area contributed by atoms with Crippen molar-refractivity contribution < 1.29 is 0 Å². The third-order valence-corrected chi connectivity index (χ3v) is 8.32. The van der Waals surface area contributed by atoms with Crippen molar-refractivity contribution in [2.75, 3.05) is 13.1 Å². The fraction of sp³-hybridized carbons (Fsp3) is 0.400. The maximum Gasteiger partial charge on any atom is 0.181 e. The standard InChI is InChI=1S/C30H34N8/c1-5-38-15-18(3)28-25(16-38)32-30(34-28)22-10-8-21(12-17(22)2)29-33-26(37(4)36-29)13-20-9-11-24-23(14-31-35-24)27(20)19-6-7-19/h8-12,14,18-19H,5-7,13,15-16H2,1-4H3,(H,31,35)(H,32,34). The maximum absolute atomic E-state index is 5.02. The zero-order valence-corrected chi connectivity index (χ0v) is 22.5. The summed E-state index contributed by atoms with van der Waals surface area (Å²) < 4.78 is 1.93. The van der Waals surface area contributed by atoms with Gasteiger partial charge in [0.15, 0.2) is 5.82 Å². The number of likely N-dealkylation sites (N-methyl/N-ethyl adjacent to an activating group) is 1. The Balaban J connectivity index is 1.17. The van der Waals surface area contributed by atoms with Crippen LogP contribution in [0, 0.1) is 6.92 Å². The second-order valence-corrected chi connectivity index (χ2v) is 11.1. The van der Waals surface area contributed by atoms with E-state index in [-0.39, 0.29) is 0 Å². The van der Waals surface area contributed by atoms with Crippen molar-refractivity contribution in [3.8, 4) is 22.8 Å². The van der Waals surface area contributed by atoms with Gasteiger partial charge in [0.1, 0.15) is 11.6 Å². The van der Waals surface area contributed by atoms with Crippen LogP contribution in [0.15, 0.2) is 36.5 Å². The summed E-state index contributed by atoms with van der Waals surface area (Å²) in [7, 11) is 1.99. The average Bonchev–Trinajstić information content (AvgIpc) is 3.29. The van der Waals surface area contributed by atoms with E-state index >= 15 is 0 Å². The van der Waals surface area contributed by atoms with Gasteiger partial charge in [-0.1, -0.05) is 32.0 Å². The Bertz CT molecular complexity index is 1650. The molecule has 0 radical (unpaired) electrons. The van der Waals surface area contributed by atoms with E-state index in [1.54, 1.807) is 0 Å². The van der Waals surface area contributed by atoms with Crippen LogP contribution in [0.5, 0.6) is 0 Å². The molecule has 38 heavy (non-hydrogen) atoms. The quantitative estimate of drug-likeness (QED) is 0.319. The summed E-state index contributed by atoms with van der Waals surface area (Å²) in [6.45, 7) is 9.71. The average molecular weight is 507 g/mol. The van der Waals surface area contributed by atoms with E-state index in [1.807, 2.05) is 17.9 Å². The van der Waals surface area contributed by atoms with Crippen molar-refractivity contribution >= 4 is 10.9 Å². The minimum atomic E-state index is 0.439. The van der Waals surface area contributed by atoms with Gasteiger partial charge in [-0.3, -0.25) is 14.7 Å². The Kier molecular flexibility index (Phi) is 5.47. The Morgan fingerprint density at radius 3 is 2.76 bits per heavy atom. The summed E-state index contributed by atoms with van der Waals surface area (Å²) in [5, 5.41) is 13.4. The number of nitrogens with one attached hydrogen (secondary N) is 2. The molecule has 8 heteroatoms. The van der Waals surface area contributed by atoms with Crippen molar-refractivity contribution in [1.82, 2.24) is 39.8 Å². The number of hydrogen-bond acceptors (Lipinski definition) is 5. The smallest absolute Gasteiger partial charge is 0.181 e. The van der Waals surface area contributed by atoms with Crippen molar-refractivity contribution in [2.24, 2.45) is 7.05 Å². The van der Waals surface area contributed by atoms with E-state index in [4.69, 9.17) is 15.1 Å². The van der Waals surface area contributed by atoms with Gasteiger partial charge in [-0.25, -0.2) is 9.97 Å². The molecule has 1 saturated carbocycles. The van der Waals surface area contributed by atoms with Crippen LogP contribution >= 0.6 is 0 Å². The van der Waals surface area contributed by atoms with Gasteiger partial charge in [0.25, 0.3) is 0 Å². The zero-order chi connectivity index (χ0) is 26.0. The molecule has 194 valence electrons. The number of H-pyrrole nitrogens is 2. The first-order valence-electron chi connectivity index (χ1n) is 13.8. The van der Waals surface area contributed by atoms with E-state index in [0.29, 0.717) is 11.8 Å². The third-order valence-electron chi connectivity index (χ3n) is 8.32. The van der Waals surface area contributed by atoms with Gasteiger partial charge in [-0.05, 0) is 61.1 Å². The number of aryl methyl sites for hydroxylation is 2. The lowest BCUT2D eigenvalue weighted by molar-refractivity contribution is 0.243. The highest BCUT2D eigenvalue weighted by atomic mass is 15.3. The van der Waals surface area contributed by atoms with Crippen molar-refractivity contribution in [1.29, 1.82) is 0 Å². The molecule has 0 spiro atoms. The number of nitrogens with zero attached hydrogens (tertiary/aromatic N) is 6. The van der Waals surface area contributed by atoms with E-state index < -0.39 is 0 Å². The number of fused-ring (bicyclic) bond motifs is 2. The van der Waals surface area contributed by atoms with E-state index in [9.17, 15) is 0 Å². The van der Waals surface area contributed by atoms with Crippen LogP contribution in [0.2, 0.25) is 0 Å². The number of aromatic nitrogens is 7. The molecule has 1 unspecified atom stereocenters. The van der Waals surface area contributed by atoms with Crippen LogP contribution in [0.25, 0.3) is 33.7 Å². The van der Waals surface area contributed by atoms with E-state index in [2.05, 4.69) is 71.2 Å². The summed E-state index contributed by atoms with van der Waals surface area (Å²) in [5.41, 5.74) is 9.66. The minimum Gasteiger partial charge on any atom is -0.341 e. The summed E-state index contributed by atoms with van der Waals surface area (Å²) in [6, 6.07) is 10.8. The Morgan fingerprint density at radius 2 is 1.97 bits per heavy atom. The normalized spacial score (nSPS) is 17.8. The van der Waals surface area contributed by atoms with Crippen molar-refractivity contribution in [3.63, 3.8) is 0 Å². The molecule has 1 fully saturated rings. The second-order valence-electron chi connectivity index (χ2n) is 11.1. The monoisotopic (exact) mass is 506 g/mol. The van der Waals surface area contributed by atoms with Crippen LogP contribution < -0.4 is 0 Å². The Hall–Kier alpha value is -3.78. The minimum absolute atomic E-state index is 0.439. The number of imidazole rings is 1. The molecule has 1 aliphatic heterocycles. The lowest BCUT2D eigenvalue weighted by Crippen LogP contribution is -2.32. The molecule has 7 rings (SSSR count). The first-order chi connectivity index (χ1) is 18.5. The maximum atomic E-state index is 5.02. The molecule has 2 N–H and O–H groups in total. The van der Waals surface area contributed by atoms with Gasteiger partial charge in [0, 0.05) is 49.0 Å². The van der Waals surface area contributed by atoms with Crippen LogP contribution in [0.1, 0.15) is 72.4 Å². The molecule has 8 nitrogen and oxygen atoms in total. The fourth-order valence-electron chi connectivity index (χ4n) is 6.11. The van der Waals surface area contributed by atoms with Gasteiger partial charge in [-0.15, -0.1) is 0 Å². The Labute approximate surface area is 222 Å². The number of aromatic amines is 2. The molecule has 0 saturated heterocycles. The summed E-state index contributed by atoms with van der Waals surface area (Å²) in [5.74, 6) is 3.77. The molecule has 2 aliphatic rings. The van der Waals surface area contributed by atoms with E-state index in [1.165, 1.54) is 46.3 Å². The highest BCUT2D eigenvalue weighted by Gasteiger charge is 2.29. The molecule has 0 bridgehead atoms. The van der Waals surface area contributed by atoms with Gasteiger partial charge in [0.05, 0.1) is 23.1 Å². The Morgan fingerprint density at radius 1 is 1.11 bits per heavy atom. The van der Waals surface area contributed by atoms with Crippen LogP contribution in [0.3, 0.4) is 0 Å². The molecule has 5 aromatic rings. The first kappa shape index (κ1) is 23.3. The van der Waals surface area contributed by atoms with Gasteiger partial charge >= 0.3 is 0 Å². The molecule has 0 amide bonds. The van der Waals surface area contributed by atoms with Crippen LogP contribution in [-0.2, 0) is 20.0 Å². The van der Waals surface area contributed by atoms with Crippen LogP contribution in [0.4, 0.5) is 0 Å².